The standard InChI is InChI=1S/C16H23N3O3/c1-17-8-13-9-19(14(10-17)12-22-11-13)16(21)5-7-18-6-3-2-4-15(18)20/h2-4,6,13-14H,5,7-12H2,1H3/t13-,14-/m0/s1. The maximum atomic E-state index is 12.6. The monoisotopic (exact) mass is 305 g/mol. The molecule has 2 aliphatic rings. The zero-order valence-corrected chi connectivity index (χ0v) is 13.0. The summed E-state index contributed by atoms with van der Waals surface area (Å²) < 4.78 is 7.28. The highest BCUT2D eigenvalue weighted by molar-refractivity contribution is 5.76. The van der Waals surface area contributed by atoms with Gasteiger partial charge in [0.1, 0.15) is 0 Å². The van der Waals surface area contributed by atoms with Crippen molar-refractivity contribution >= 4 is 5.91 Å². The lowest BCUT2D eigenvalue weighted by molar-refractivity contribution is -0.134. The molecule has 22 heavy (non-hydrogen) atoms. The van der Waals surface area contributed by atoms with Crippen molar-refractivity contribution in [2.24, 2.45) is 5.92 Å². The normalized spacial score (nSPS) is 25.8. The average molecular weight is 305 g/mol. The van der Waals surface area contributed by atoms with Gasteiger partial charge in [-0.15, -0.1) is 0 Å². The van der Waals surface area contributed by atoms with Gasteiger partial charge in [-0.2, -0.15) is 0 Å². The Bertz CT molecular complexity index is 586. The van der Waals surface area contributed by atoms with E-state index in [1.807, 2.05) is 11.0 Å². The van der Waals surface area contributed by atoms with Crippen LogP contribution in [0.15, 0.2) is 29.2 Å². The van der Waals surface area contributed by atoms with Crippen LogP contribution in [0.4, 0.5) is 0 Å². The Kier molecular flexibility index (Phi) is 4.59. The molecule has 1 amide bonds. The second kappa shape index (κ2) is 6.62. The lowest BCUT2D eigenvalue weighted by Crippen LogP contribution is -2.46. The summed E-state index contributed by atoms with van der Waals surface area (Å²) in [5.74, 6) is 0.493. The predicted octanol–water partition coefficient (Wildman–Crippen LogP) is 0.0274. The molecule has 0 aromatic carbocycles. The maximum absolute atomic E-state index is 12.6. The molecule has 6 nitrogen and oxygen atoms in total. The van der Waals surface area contributed by atoms with E-state index in [0.717, 1.165) is 26.2 Å². The fourth-order valence-corrected chi connectivity index (χ4v) is 3.39. The highest BCUT2D eigenvalue weighted by atomic mass is 16.5. The SMILES string of the molecule is CN1C[C@@H]2COC[C@H](C1)N(C(=O)CCn1ccccc1=O)C2. The summed E-state index contributed by atoms with van der Waals surface area (Å²) in [5, 5.41) is 0. The molecule has 1 aromatic rings. The first-order chi connectivity index (χ1) is 10.6. The molecule has 0 saturated carbocycles. The number of hydrogen-bond donors (Lipinski definition) is 0. The number of nitrogens with zero attached hydrogens (tertiary/aromatic N) is 3. The molecule has 3 rings (SSSR count). The Morgan fingerprint density at radius 3 is 2.95 bits per heavy atom. The number of rotatable bonds is 3. The van der Waals surface area contributed by atoms with Gasteiger partial charge in [0.25, 0.3) is 5.56 Å². The molecule has 0 unspecified atom stereocenters. The van der Waals surface area contributed by atoms with E-state index >= 15 is 0 Å². The molecule has 2 bridgehead atoms. The number of fused-ring (bicyclic) bond motifs is 3. The number of carbonyl (C=O) groups is 1. The second-order valence-corrected chi connectivity index (χ2v) is 6.31. The van der Waals surface area contributed by atoms with Gasteiger partial charge in [0, 0.05) is 50.8 Å². The van der Waals surface area contributed by atoms with Crippen LogP contribution >= 0.6 is 0 Å². The summed E-state index contributed by atoms with van der Waals surface area (Å²) in [4.78, 5) is 28.6. The number of amides is 1. The third-order valence-electron chi connectivity index (χ3n) is 4.44. The van der Waals surface area contributed by atoms with Crippen LogP contribution in [0.5, 0.6) is 0 Å². The predicted molar refractivity (Wildman–Crippen MR) is 82.6 cm³/mol. The van der Waals surface area contributed by atoms with Crippen LogP contribution in [-0.2, 0) is 16.1 Å². The molecule has 2 aliphatic heterocycles. The first-order valence-electron chi connectivity index (χ1n) is 7.84. The van der Waals surface area contributed by atoms with Crippen LogP contribution in [0, 0.1) is 5.92 Å². The molecule has 0 N–H and O–H groups in total. The molecular formula is C16H23N3O3. The fourth-order valence-electron chi connectivity index (χ4n) is 3.39. The number of ether oxygens (including phenoxy) is 1. The van der Waals surface area contributed by atoms with Crippen molar-refractivity contribution in [1.29, 1.82) is 0 Å². The van der Waals surface area contributed by atoms with E-state index in [4.69, 9.17) is 4.74 Å². The van der Waals surface area contributed by atoms with E-state index in [1.165, 1.54) is 6.07 Å². The third kappa shape index (κ3) is 3.39. The summed E-state index contributed by atoms with van der Waals surface area (Å²) in [7, 11) is 2.10. The highest BCUT2D eigenvalue weighted by Gasteiger charge is 2.34. The Hall–Kier alpha value is -1.66. The Labute approximate surface area is 130 Å². The zero-order chi connectivity index (χ0) is 15.5. The summed E-state index contributed by atoms with van der Waals surface area (Å²) in [6.45, 7) is 4.35. The molecule has 2 saturated heterocycles. The van der Waals surface area contributed by atoms with E-state index < -0.39 is 0 Å². The maximum Gasteiger partial charge on any atom is 0.250 e. The molecule has 1 aromatic heterocycles. The van der Waals surface area contributed by atoms with E-state index in [-0.39, 0.29) is 17.5 Å². The Balaban J connectivity index is 1.66. The van der Waals surface area contributed by atoms with Gasteiger partial charge in [-0.05, 0) is 13.1 Å². The van der Waals surface area contributed by atoms with E-state index in [9.17, 15) is 9.59 Å². The quantitative estimate of drug-likeness (QED) is 0.790. The van der Waals surface area contributed by atoms with Gasteiger partial charge in [-0.25, -0.2) is 0 Å². The van der Waals surface area contributed by atoms with E-state index in [2.05, 4.69) is 11.9 Å². The van der Waals surface area contributed by atoms with Crippen molar-refractivity contribution in [1.82, 2.24) is 14.4 Å². The largest absolute Gasteiger partial charge is 0.379 e. The molecule has 6 heteroatoms. The minimum atomic E-state index is -0.0621. The minimum absolute atomic E-state index is 0.0621. The number of pyridine rings is 1. The highest BCUT2D eigenvalue weighted by Crippen LogP contribution is 2.19. The zero-order valence-electron chi connectivity index (χ0n) is 13.0. The number of aromatic nitrogens is 1. The molecular weight excluding hydrogens is 282 g/mol. The number of aryl methyl sites for hydroxylation is 1. The second-order valence-electron chi connectivity index (χ2n) is 6.31. The number of hydrogen-bond acceptors (Lipinski definition) is 4. The van der Waals surface area contributed by atoms with Crippen molar-refractivity contribution in [2.75, 3.05) is 39.9 Å². The van der Waals surface area contributed by atoms with Gasteiger partial charge in [0.05, 0.1) is 19.3 Å². The van der Waals surface area contributed by atoms with Crippen LogP contribution in [-0.4, -0.2) is 66.2 Å². The summed E-state index contributed by atoms with van der Waals surface area (Å²) in [5.41, 5.74) is -0.0621. The average Bonchev–Trinajstić information content (AvgIpc) is 2.76. The van der Waals surface area contributed by atoms with Crippen LogP contribution in [0.25, 0.3) is 0 Å². The van der Waals surface area contributed by atoms with Gasteiger partial charge in [0.15, 0.2) is 0 Å². The lowest BCUT2D eigenvalue weighted by Gasteiger charge is -2.29. The topological polar surface area (TPSA) is 54.8 Å². The summed E-state index contributed by atoms with van der Waals surface area (Å²) in [6.07, 6.45) is 2.09. The first-order valence-corrected chi connectivity index (χ1v) is 7.84. The first kappa shape index (κ1) is 15.2. The van der Waals surface area contributed by atoms with Crippen molar-refractivity contribution in [3.63, 3.8) is 0 Å². The van der Waals surface area contributed by atoms with Crippen LogP contribution in [0.2, 0.25) is 0 Å². The molecule has 0 aliphatic carbocycles. The molecule has 3 heterocycles. The van der Waals surface area contributed by atoms with Crippen LogP contribution in [0.1, 0.15) is 6.42 Å². The van der Waals surface area contributed by atoms with Gasteiger partial charge in [-0.1, -0.05) is 6.07 Å². The van der Waals surface area contributed by atoms with E-state index in [1.54, 1.807) is 16.8 Å². The lowest BCUT2D eigenvalue weighted by atomic mass is 10.1. The van der Waals surface area contributed by atoms with Crippen LogP contribution < -0.4 is 5.56 Å². The number of likely N-dealkylation sites (N-methyl/N-ethyl adjacent to an activating group) is 1. The summed E-state index contributed by atoms with van der Waals surface area (Å²) >= 11 is 0. The van der Waals surface area contributed by atoms with Crippen LogP contribution in [0.3, 0.4) is 0 Å². The molecule has 2 fully saturated rings. The minimum Gasteiger partial charge on any atom is -0.379 e. The third-order valence-corrected chi connectivity index (χ3v) is 4.44. The van der Waals surface area contributed by atoms with Gasteiger partial charge in [0.2, 0.25) is 5.91 Å². The van der Waals surface area contributed by atoms with Crippen molar-refractivity contribution < 1.29 is 9.53 Å². The van der Waals surface area contributed by atoms with Gasteiger partial charge in [-0.3, -0.25) is 9.59 Å². The number of carbonyl (C=O) groups excluding carboxylic acids is 1. The molecule has 0 radical (unpaired) electrons. The van der Waals surface area contributed by atoms with Crippen molar-refractivity contribution in [3.05, 3.63) is 34.7 Å². The fraction of sp³-hybridized carbons (Fsp3) is 0.625. The molecule has 120 valence electrons. The summed E-state index contributed by atoms with van der Waals surface area (Å²) in [6, 6.07) is 5.17. The van der Waals surface area contributed by atoms with Crippen molar-refractivity contribution in [3.8, 4) is 0 Å². The Morgan fingerprint density at radius 1 is 1.27 bits per heavy atom. The van der Waals surface area contributed by atoms with Gasteiger partial charge < -0.3 is 19.1 Å². The Morgan fingerprint density at radius 2 is 2.14 bits per heavy atom. The molecule has 2 atom stereocenters. The van der Waals surface area contributed by atoms with Crippen molar-refractivity contribution in [2.45, 2.75) is 19.0 Å². The smallest absolute Gasteiger partial charge is 0.250 e. The van der Waals surface area contributed by atoms with E-state index in [0.29, 0.717) is 25.5 Å². The van der Waals surface area contributed by atoms with Gasteiger partial charge >= 0.3 is 0 Å². The molecule has 0 spiro atoms.